The molecule has 0 radical (unpaired) electrons. The van der Waals surface area contributed by atoms with Crippen molar-refractivity contribution in [3.63, 3.8) is 0 Å². The minimum Gasteiger partial charge on any atom is -0.465 e. The minimum atomic E-state index is -0.480. The first-order chi connectivity index (χ1) is 9.60. The standard InChI is InChI=1S/C15H29N3O2/c1-4-20-14(19)15(16-9-12-17(2)3)8-11-18-10-6-5-7-13(15)18/h13,16H,4-12H2,1-3H3. The van der Waals surface area contributed by atoms with Crippen molar-refractivity contribution in [3.8, 4) is 0 Å². The zero-order valence-electron chi connectivity index (χ0n) is 13.2. The Labute approximate surface area is 122 Å². The topological polar surface area (TPSA) is 44.8 Å². The fourth-order valence-corrected chi connectivity index (χ4v) is 3.58. The molecule has 2 rings (SSSR count). The maximum Gasteiger partial charge on any atom is 0.328 e. The molecule has 2 heterocycles. The molecule has 0 spiro atoms. The number of esters is 1. The Morgan fingerprint density at radius 2 is 2.20 bits per heavy atom. The SMILES string of the molecule is CCOC(=O)C1(NCCN(C)C)CCN2CCCCC21. The molecule has 2 fully saturated rings. The summed E-state index contributed by atoms with van der Waals surface area (Å²) in [6.07, 6.45) is 4.46. The largest absolute Gasteiger partial charge is 0.465 e. The van der Waals surface area contributed by atoms with E-state index in [9.17, 15) is 4.79 Å². The lowest BCUT2D eigenvalue weighted by atomic mass is 9.85. The van der Waals surface area contributed by atoms with Crippen molar-refractivity contribution in [2.24, 2.45) is 0 Å². The van der Waals surface area contributed by atoms with Gasteiger partial charge in [0.2, 0.25) is 0 Å². The van der Waals surface area contributed by atoms with Crippen LogP contribution in [0, 0.1) is 0 Å². The van der Waals surface area contributed by atoms with E-state index < -0.39 is 5.54 Å². The fraction of sp³-hybridized carbons (Fsp3) is 0.933. The number of fused-ring (bicyclic) bond motifs is 1. The Balaban J connectivity index is 2.09. The highest BCUT2D eigenvalue weighted by Gasteiger charge is 2.53. The molecule has 0 aromatic rings. The Morgan fingerprint density at radius 1 is 1.40 bits per heavy atom. The van der Waals surface area contributed by atoms with Gasteiger partial charge < -0.3 is 9.64 Å². The molecule has 2 aliphatic heterocycles. The van der Waals surface area contributed by atoms with Gasteiger partial charge in [0.25, 0.3) is 0 Å². The van der Waals surface area contributed by atoms with E-state index in [1.54, 1.807) is 0 Å². The number of hydrogen-bond donors (Lipinski definition) is 1. The smallest absolute Gasteiger partial charge is 0.328 e. The molecule has 116 valence electrons. The minimum absolute atomic E-state index is 0.0480. The van der Waals surface area contributed by atoms with Crippen molar-refractivity contribution in [3.05, 3.63) is 0 Å². The number of nitrogens with zero attached hydrogens (tertiary/aromatic N) is 2. The third kappa shape index (κ3) is 3.15. The molecule has 0 saturated carbocycles. The second-order valence-corrected chi connectivity index (χ2v) is 6.22. The van der Waals surface area contributed by atoms with Crippen LogP contribution in [-0.4, -0.2) is 74.2 Å². The monoisotopic (exact) mass is 283 g/mol. The third-order valence-electron chi connectivity index (χ3n) is 4.62. The summed E-state index contributed by atoms with van der Waals surface area (Å²) in [5.74, 6) is -0.0480. The van der Waals surface area contributed by atoms with Gasteiger partial charge in [-0.3, -0.25) is 10.2 Å². The van der Waals surface area contributed by atoms with Crippen LogP contribution in [0.15, 0.2) is 0 Å². The number of piperidine rings is 1. The number of likely N-dealkylation sites (N-methyl/N-ethyl adjacent to an activating group) is 1. The Hall–Kier alpha value is -0.650. The van der Waals surface area contributed by atoms with Crippen LogP contribution >= 0.6 is 0 Å². The number of carbonyl (C=O) groups is 1. The lowest BCUT2D eigenvalue weighted by molar-refractivity contribution is -0.153. The maximum atomic E-state index is 12.6. The van der Waals surface area contributed by atoms with E-state index >= 15 is 0 Å². The van der Waals surface area contributed by atoms with Crippen LogP contribution in [0.4, 0.5) is 0 Å². The maximum absolute atomic E-state index is 12.6. The quantitative estimate of drug-likeness (QED) is 0.727. The highest BCUT2D eigenvalue weighted by atomic mass is 16.5. The molecule has 2 unspecified atom stereocenters. The summed E-state index contributed by atoms with van der Waals surface area (Å²) in [6.45, 7) is 6.26. The van der Waals surface area contributed by atoms with E-state index in [0.717, 1.165) is 39.0 Å². The first-order valence-electron chi connectivity index (χ1n) is 7.91. The van der Waals surface area contributed by atoms with Crippen molar-refractivity contribution in [2.75, 3.05) is 46.9 Å². The normalized spacial score (nSPS) is 30.5. The molecule has 0 aromatic heterocycles. The van der Waals surface area contributed by atoms with Gasteiger partial charge >= 0.3 is 5.97 Å². The zero-order chi connectivity index (χ0) is 14.6. The van der Waals surface area contributed by atoms with Crippen LogP contribution < -0.4 is 5.32 Å². The molecule has 0 aliphatic carbocycles. The fourth-order valence-electron chi connectivity index (χ4n) is 3.58. The number of ether oxygens (including phenoxy) is 1. The van der Waals surface area contributed by atoms with Crippen LogP contribution in [0.1, 0.15) is 32.6 Å². The molecule has 2 atom stereocenters. The molecule has 2 aliphatic rings. The number of nitrogens with one attached hydrogen (secondary N) is 1. The lowest BCUT2D eigenvalue weighted by Gasteiger charge is -2.39. The highest BCUT2D eigenvalue weighted by molar-refractivity contribution is 5.82. The van der Waals surface area contributed by atoms with E-state index in [2.05, 4.69) is 29.2 Å². The number of hydrogen-bond acceptors (Lipinski definition) is 5. The summed E-state index contributed by atoms with van der Waals surface area (Å²) in [6, 6.07) is 0.317. The zero-order valence-corrected chi connectivity index (χ0v) is 13.2. The van der Waals surface area contributed by atoms with Gasteiger partial charge in [-0.05, 0) is 46.8 Å². The predicted octanol–water partition coefficient (Wildman–Crippen LogP) is 0.698. The molecule has 5 heteroatoms. The first kappa shape index (κ1) is 15.7. The van der Waals surface area contributed by atoms with Gasteiger partial charge in [-0.2, -0.15) is 0 Å². The first-order valence-corrected chi connectivity index (χ1v) is 7.91. The molecular formula is C15H29N3O2. The summed E-state index contributed by atoms with van der Waals surface area (Å²) in [4.78, 5) is 17.2. The second kappa shape index (κ2) is 6.87. The van der Waals surface area contributed by atoms with E-state index in [1.165, 1.54) is 12.8 Å². The molecule has 0 aromatic carbocycles. The van der Waals surface area contributed by atoms with Gasteiger partial charge in [0, 0.05) is 25.7 Å². The summed E-state index contributed by atoms with van der Waals surface area (Å²) < 4.78 is 5.39. The number of rotatable bonds is 6. The van der Waals surface area contributed by atoms with E-state index in [1.807, 2.05) is 6.92 Å². The molecule has 2 saturated heterocycles. The van der Waals surface area contributed by atoms with Crippen LogP contribution in [0.2, 0.25) is 0 Å². The summed E-state index contributed by atoms with van der Waals surface area (Å²) in [7, 11) is 4.11. The third-order valence-corrected chi connectivity index (χ3v) is 4.62. The predicted molar refractivity (Wildman–Crippen MR) is 79.7 cm³/mol. The molecule has 1 N–H and O–H groups in total. The number of carbonyl (C=O) groups excluding carboxylic acids is 1. The summed E-state index contributed by atoms with van der Waals surface area (Å²) in [5.41, 5.74) is -0.480. The van der Waals surface area contributed by atoms with Gasteiger partial charge in [-0.1, -0.05) is 6.42 Å². The van der Waals surface area contributed by atoms with E-state index in [4.69, 9.17) is 4.74 Å². The van der Waals surface area contributed by atoms with Gasteiger partial charge in [-0.15, -0.1) is 0 Å². The van der Waals surface area contributed by atoms with Crippen LogP contribution in [0.5, 0.6) is 0 Å². The van der Waals surface area contributed by atoms with Crippen molar-refractivity contribution in [1.29, 1.82) is 0 Å². The Morgan fingerprint density at radius 3 is 2.90 bits per heavy atom. The molecule has 20 heavy (non-hydrogen) atoms. The van der Waals surface area contributed by atoms with Crippen molar-refractivity contribution < 1.29 is 9.53 Å². The van der Waals surface area contributed by atoms with E-state index in [-0.39, 0.29) is 5.97 Å². The lowest BCUT2D eigenvalue weighted by Crippen LogP contribution is -2.62. The Bertz CT molecular complexity index is 335. The van der Waals surface area contributed by atoms with Crippen molar-refractivity contribution in [2.45, 2.75) is 44.2 Å². The summed E-state index contributed by atoms with van der Waals surface area (Å²) in [5, 5.41) is 3.55. The van der Waals surface area contributed by atoms with Gasteiger partial charge in [0.15, 0.2) is 0 Å². The second-order valence-electron chi connectivity index (χ2n) is 6.22. The van der Waals surface area contributed by atoms with Gasteiger partial charge in [0.05, 0.1) is 6.61 Å². The highest BCUT2D eigenvalue weighted by Crippen LogP contribution is 2.36. The van der Waals surface area contributed by atoms with E-state index in [0.29, 0.717) is 12.6 Å². The summed E-state index contributed by atoms with van der Waals surface area (Å²) >= 11 is 0. The van der Waals surface area contributed by atoms with Crippen LogP contribution in [0.3, 0.4) is 0 Å². The van der Waals surface area contributed by atoms with Crippen molar-refractivity contribution in [1.82, 2.24) is 15.1 Å². The molecule has 5 nitrogen and oxygen atoms in total. The van der Waals surface area contributed by atoms with Crippen LogP contribution in [-0.2, 0) is 9.53 Å². The van der Waals surface area contributed by atoms with Gasteiger partial charge in [-0.25, -0.2) is 4.79 Å². The Kier molecular flexibility index (Phi) is 5.41. The van der Waals surface area contributed by atoms with Crippen LogP contribution in [0.25, 0.3) is 0 Å². The molecule has 0 bridgehead atoms. The average molecular weight is 283 g/mol. The van der Waals surface area contributed by atoms with Gasteiger partial charge in [0.1, 0.15) is 5.54 Å². The average Bonchev–Trinajstić information content (AvgIpc) is 2.79. The molecular weight excluding hydrogens is 254 g/mol. The molecule has 0 amide bonds. The van der Waals surface area contributed by atoms with Crippen molar-refractivity contribution >= 4 is 5.97 Å².